The summed E-state index contributed by atoms with van der Waals surface area (Å²) in [5, 5.41) is 15.6. The van der Waals surface area contributed by atoms with Crippen LogP contribution in [0.5, 0.6) is 5.88 Å². The van der Waals surface area contributed by atoms with Crippen LogP contribution < -0.4 is 4.90 Å². The Hall–Kier alpha value is -3.69. The van der Waals surface area contributed by atoms with Crippen molar-refractivity contribution in [2.75, 3.05) is 31.1 Å². The number of halogens is 1. The van der Waals surface area contributed by atoms with Crippen LogP contribution in [-0.4, -0.2) is 50.8 Å². The number of fused-ring (bicyclic) bond motifs is 1. The molecule has 0 bridgehead atoms. The monoisotopic (exact) mass is 475 g/mol. The summed E-state index contributed by atoms with van der Waals surface area (Å²) in [4.78, 5) is 10.4. The Balaban J connectivity index is 1.35. The molecule has 0 radical (unpaired) electrons. The van der Waals surface area contributed by atoms with Gasteiger partial charge in [-0.15, -0.1) is 5.10 Å². The van der Waals surface area contributed by atoms with Gasteiger partial charge in [0.25, 0.3) is 0 Å². The van der Waals surface area contributed by atoms with E-state index in [0.717, 1.165) is 31.7 Å². The molecule has 6 rings (SSSR count). The van der Waals surface area contributed by atoms with E-state index in [1.807, 2.05) is 24.3 Å². The molecule has 1 N–H and O–H groups in total. The van der Waals surface area contributed by atoms with E-state index < -0.39 is 0 Å². The van der Waals surface area contributed by atoms with Crippen LogP contribution in [-0.2, 0) is 0 Å². The average Bonchev–Trinajstić information content (AvgIpc) is 3.60. The normalized spacial score (nSPS) is 15.7. The molecule has 1 saturated heterocycles. The van der Waals surface area contributed by atoms with E-state index in [9.17, 15) is 9.50 Å². The lowest BCUT2D eigenvalue weighted by Gasteiger charge is -2.40. The minimum absolute atomic E-state index is 0.0186. The lowest BCUT2D eigenvalue weighted by Crippen LogP contribution is -2.47. The summed E-state index contributed by atoms with van der Waals surface area (Å²) < 4.78 is 21.0. The van der Waals surface area contributed by atoms with E-state index in [1.54, 1.807) is 24.5 Å². The van der Waals surface area contributed by atoms with E-state index in [1.165, 1.54) is 33.7 Å². The zero-order chi connectivity index (χ0) is 23.1. The molecular formula is C25H22FN5O2S. The fourth-order valence-corrected chi connectivity index (χ4v) is 5.64. The van der Waals surface area contributed by atoms with Crippen LogP contribution in [0, 0.1) is 5.82 Å². The van der Waals surface area contributed by atoms with E-state index in [-0.39, 0.29) is 17.7 Å². The van der Waals surface area contributed by atoms with Crippen LogP contribution in [0.3, 0.4) is 0 Å². The van der Waals surface area contributed by atoms with Crippen LogP contribution >= 0.6 is 11.3 Å². The number of benzene rings is 2. The number of rotatable bonds is 5. The SMILES string of the molecule is Oc1c(C(c2cccc(F)c2)N2CCN(c3ccccc3)CC2)sc2nc(-c3ccco3)nn12. The molecule has 1 atom stereocenters. The predicted molar refractivity (Wildman–Crippen MR) is 129 cm³/mol. The molecule has 34 heavy (non-hydrogen) atoms. The van der Waals surface area contributed by atoms with Crippen molar-refractivity contribution in [1.82, 2.24) is 19.5 Å². The quantitative estimate of drug-likeness (QED) is 0.394. The molecule has 1 fully saturated rings. The maximum atomic E-state index is 14.2. The van der Waals surface area contributed by atoms with Gasteiger partial charge in [-0.3, -0.25) is 4.90 Å². The number of anilines is 1. The topological polar surface area (TPSA) is 70.0 Å². The summed E-state index contributed by atoms with van der Waals surface area (Å²) >= 11 is 1.36. The van der Waals surface area contributed by atoms with Crippen molar-refractivity contribution in [2.45, 2.75) is 6.04 Å². The largest absolute Gasteiger partial charge is 0.492 e. The highest BCUT2D eigenvalue weighted by atomic mass is 32.1. The molecule has 0 aliphatic carbocycles. The van der Waals surface area contributed by atoms with Gasteiger partial charge in [-0.1, -0.05) is 41.7 Å². The van der Waals surface area contributed by atoms with Gasteiger partial charge in [0, 0.05) is 31.9 Å². The first-order chi connectivity index (χ1) is 16.7. The summed E-state index contributed by atoms with van der Waals surface area (Å²) in [6, 6.07) is 20.1. The van der Waals surface area contributed by atoms with E-state index in [4.69, 9.17) is 4.42 Å². The molecule has 3 aromatic heterocycles. The van der Waals surface area contributed by atoms with E-state index in [2.05, 4.69) is 32.0 Å². The Labute approximate surface area is 199 Å². The van der Waals surface area contributed by atoms with Crippen LogP contribution in [0.15, 0.2) is 77.4 Å². The predicted octanol–water partition coefficient (Wildman–Crippen LogP) is 4.81. The Bertz CT molecular complexity index is 1410. The number of hydrogen-bond acceptors (Lipinski definition) is 7. The zero-order valence-electron chi connectivity index (χ0n) is 18.2. The molecule has 2 aromatic carbocycles. The van der Waals surface area contributed by atoms with E-state index >= 15 is 0 Å². The molecule has 9 heteroatoms. The second-order valence-corrected chi connectivity index (χ2v) is 9.22. The second-order valence-electron chi connectivity index (χ2n) is 8.21. The minimum atomic E-state index is -0.311. The zero-order valence-corrected chi connectivity index (χ0v) is 19.0. The Morgan fingerprint density at radius 3 is 2.50 bits per heavy atom. The standard InChI is InChI=1S/C25H22FN5O2S/c26-18-7-4-6-17(16-18)21(30-13-11-29(12-14-30)19-8-2-1-3-9-19)22-24(32)31-25(34-22)27-23(28-31)20-10-5-15-33-20/h1-10,15-16,21,32H,11-14H2. The third-order valence-electron chi connectivity index (χ3n) is 6.15. The molecule has 1 aliphatic rings. The van der Waals surface area contributed by atoms with Crippen LogP contribution in [0.2, 0.25) is 0 Å². The fraction of sp³-hybridized carbons (Fsp3) is 0.200. The number of piperazine rings is 1. The van der Waals surface area contributed by atoms with Gasteiger partial charge < -0.3 is 14.4 Å². The van der Waals surface area contributed by atoms with Crippen molar-refractivity contribution in [1.29, 1.82) is 0 Å². The number of thiazole rings is 1. The minimum Gasteiger partial charge on any atom is -0.492 e. The van der Waals surface area contributed by atoms with Gasteiger partial charge in [-0.05, 0) is 42.0 Å². The molecule has 0 saturated carbocycles. The van der Waals surface area contributed by atoms with Gasteiger partial charge >= 0.3 is 0 Å². The third kappa shape index (κ3) is 3.72. The number of nitrogens with zero attached hydrogens (tertiary/aromatic N) is 5. The second kappa shape index (κ2) is 8.58. The number of para-hydroxylation sites is 1. The van der Waals surface area contributed by atoms with Gasteiger partial charge in [-0.2, -0.15) is 9.50 Å². The molecule has 5 aromatic rings. The first kappa shape index (κ1) is 20.9. The van der Waals surface area contributed by atoms with Gasteiger partial charge in [-0.25, -0.2) is 4.39 Å². The van der Waals surface area contributed by atoms with Crippen molar-refractivity contribution < 1.29 is 13.9 Å². The molecule has 172 valence electrons. The maximum absolute atomic E-state index is 14.2. The number of hydrogen-bond donors (Lipinski definition) is 1. The lowest BCUT2D eigenvalue weighted by atomic mass is 10.0. The number of aromatic nitrogens is 3. The van der Waals surface area contributed by atoms with Crippen molar-refractivity contribution in [3.8, 4) is 17.5 Å². The molecule has 4 heterocycles. The Morgan fingerprint density at radius 1 is 0.971 bits per heavy atom. The molecule has 1 aliphatic heterocycles. The summed E-state index contributed by atoms with van der Waals surface area (Å²) in [6.45, 7) is 3.20. The fourth-order valence-electron chi connectivity index (χ4n) is 4.52. The maximum Gasteiger partial charge on any atom is 0.230 e. The molecule has 7 nitrogen and oxygen atoms in total. The Morgan fingerprint density at radius 2 is 1.79 bits per heavy atom. The van der Waals surface area contributed by atoms with Crippen LogP contribution in [0.4, 0.5) is 10.1 Å². The molecule has 0 spiro atoms. The van der Waals surface area contributed by atoms with Gasteiger partial charge in [0.1, 0.15) is 5.82 Å². The molecular weight excluding hydrogens is 453 g/mol. The van der Waals surface area contributed by atoms with Gasteiger partial charge in [0.05, 0.1) is 17.2 Å². The van der Waals surface area contributed by atoms with Crippen LogP contribution in [0.1, 0.15) is 16.5 Å². The Kier molecular flexibility index (Phi) is 5.27. The van der Waals surface area contributed by atoms with Gasteiger partial charge in [0.15, 0.2) is 5.76 Å². The van der Waals surface area contributed by atoms with Crippen molar-refractivity contribution in [2.24, 2.45) is 0 Å². The van der Waals surface area contributed by atoms with Crippen molar-refractivity contribution in [3.63, 3.8) is 0 Å². The first-order valence-corrected chi connectivity index (χ1v) is 11.9. The lowest BCUT2D eigenvalue weighted by molar-refractivity contribution is 0.211. The third-order valence-corrected chi connectivity index (χ3v) is 7.23. The molecule has 0 amide bonds. The van der Waals surface area contributed by atoms with Crippen molar-refractivity contribution >= 4 is 22.0 Å². The van der Waals surface area contributed by atoms with Crippen molar-refractivity contribution in [3.05, 3.63) is 89.3 Å². The number of aromatic hydroxyl groups is 1. The highest BCUT2D eigenvalue weighted by Gasteiger charge is 2.32. The summed E-state index contributed by atoms with van der Waals surface area (Å²) in [7, 11) is 0. The number of furan rings is 1. The first-order valence-electron chi connectivity index (χ1n) is 11.1. The highest BCUT2D eigenvalue weighted by Crippen LogP contribution is 2.41. The van der Waals surface area contributed by atoms with E-state index in [0.29, 0.717) is 21.4 Å². The summed E-state index contributed by atoms with van der Waals surface area (Å²) in [6.07, 6.45) is 1.56. The molecule has 1 unspecified atom stereocenters. The highest BCUT2D eigenvalue weighted by molar-refractivity contribution is 7.17. The smallest absolute Gasteiger partial charge is 0.230 e. The summed E-state index contributed by atoms with van der Waals surface area (Å²) in [5.41, 5.74) is 1.98. The average molecular weight is 476 g/mol. The van der Waals surface area contributed by atoms with Crippen LogP contribution in [0.25, 0.3) is 16.5 Å². The summed E-state index contributed by atoms with van der Waals surface area (Å²) in [5.74, 6) is 0.668. The van der Waals surface area contributed by atoms with Gasteiger partial charge in [0.2, 0.25) is 16.7 Å².